The van der Waals surface area contributed by atoms with Crippen LogP contribution in [0, 0.1) is 3.57 Å². The van der Waals surface area contributed by atoms with E-state index in [1.165, 1.54) is 6.21 Å². The summed E-state index contributed by atoms with van der Waals surface area (Å²) in [6.07, 6.45) is 1.36. The molecule has 3 aromatic rings. The third-order valence-corrected chi connectivity index (χ3v) is 5.07. The van der Waals surface area contributed by atoms with Crippen molar-refractivity contribution in [2.24, 2.45) is 5.10 Å². The molecule has 2 N–H and O–H groups in total. The second kappa shape index (κ2) is 10.7. The van der Waals surface area contributed by atoms with E-state index < -0.39 is 17.8 Å². The molecule has 7 nitrogen and oxygen atoms in total. The predicted octanol–water partition coefficient (Wildman–Crippen LogP) is 4.25. The highest BCUT2D eigenvalue weighted by molar-refractivity contribution is 14.1. The van der Waals surface area contributed by atoms with Gasteiger partial charge in [0.1, 0.15) is 5.75 Å². The lowest BCUT2D eigenvalue weighted by atomic mass is 10.2. The van der Waals surface area contributed by atoms with Crippen molar-refractivity contribution in [2.75, 3.05) is 5.32 Å². The molecule has 2 amide bonds. The summed E-state index contributed by atoms with van der Waals surface area (Å²) in [4.78, 5) is 35.9. The van der Waals surface area contributed by atoms with Crippen LogP contribution in [0.25, 0.3) is 0 Å². The molecule has 3 rings (SSSR count). The summed E-state index contributed by atoms with van der Waals surface area (Å²) in [6, 6.07) is 20.0. The number of carbonyl (C=O) groups is 3. The number of ether oxygens (including phenoxy) is 1. The van der Waals surface area contributed by atoms with Crippen LogP contribution in [-0.4, -0.2) is 24.0 Å². The Kier molecular flexibility index (Phi) is 7.74. The van der Waals surface area contributed by atoms with Crippen molar-refractivity contribution >= 4 is 63.9 Å². The zero-order valence-corrected chi connectivity index (χ0v) is 18.8. The Morgan fingerprint density at radius 3 is 2.26 bits per heavy atom. The van der Waals surface area contributed by atoms with E-state index in [4.69, 9.17) is 16.3 Å². The third-order valence-electron chi connectivity index (χ3n) is 3.87. The van der Waals surface area contributed by atoms with Gasteiger partial charge in [-0.05, 0) is 88.8 Å². The molecule has 0 aliphatic rings. The number of hydrogen-bond acceptors (Lipinski definition) is 5. The van der Waals surface area contributed by atoms with Crippen LogP contribution in [0.2, 0.25) is 5.02 Å². The van der Waals surface area contributed by atoms with Crippen LogP contribution in [0.5, 0.6) is 5.75 Å². The van der Waals surface area contributed by atoms with E-state index in [2.05, 4.69) is 38.4 Å². The van der Waals surface area contributed by atoms with Crippen molar-refractivity contribution in [1.82, 2.24) is 5.43 Å². The van der Waals surface area contributed by atoms with Crippen LogP contribution in [0.15, 0.2) is 77.9 Å². The van der Waals surface area contributed by atoms with Gasteiger partial charge >= 0.3 is 17.8 Å². The normalized spacial score (nSPS) is 10.5. The first-order chi connectivity index (χ1) is 14.9. The highest BCUT2D eigenvalue weighted by atomic mass is 127. The molecule has 9 heteroatoms. The molecule has 0 aromatic heterocycles. The maximum atomic E-state index is 12.2. The van der Waals surface area contributed by atoms with Gasteiger partial charge in [-0.1, -0.05) is 23.7 Å². The summed E-state index contributed by atoms with van der Waals surface area (Å²) in [5.41, 5.74) is 3.69. The molecular weight excluding hydrogens is 533 g/mol. The minimum absolute atomic E-state index is 0.369. The molecule has 0 aliphatic heterocycles. The van der Waals surface area contributed by atoms with E-state index in [1.807, 2.05) is 12.1 Å². The Morgan fingerprint density at radius 2 is 1.58 bits per heavy atom. The smallest absolute Gasteiger partial charge is 0.344 e. The van der Waals surface area contributed by atoms with Crippen LogP contribution in [-0.2, 0) is 9.59 Å². The summed E-state index contributed by atoms with van der Waals surface area (Å²) >= 11 is 7.84. The highest BCUT2D eigenvalue weighted by Gasteiger charge is 2.13. The molecular formula is C22H15ClIN3O4. The molecule has 0 unspecified atom stereocenters. The fourth-order valence-electron chi connectivity index (χ4n) is 2.35. The van der Waals surface area contributed by atoms with Crippen LogP contribution in [0.4, 0.5) is 5.69 Å². The maximum Gasteiger partial charge on any atom is 0.344 e. The highest BCUT2D eigenvalue weighted by Crippen LogP contribution is 2.17. The lowest BCUT2D eigenvalue weighted by Gasteiger charge is -2.06. The first-order valence-corrected chi connectivity index (χ1v) is 10.3. The minimum atomic E-state index is -0.922. The van der Waals surface area contributed by atoms with Gasteiger partial charge in [-0.3, -0.25) is 9.59 Å². The minimum Gasteiger partial charge on any atom is -0.423 e. The van der Waals surface area contributed by atoms with E-state index in [0.29, 0.717) is 27.6 Å². The lowest BCUT2D eigenvalue weighted by Crippen LogP contribution is -2.32. The van der Waals surface area contributed by atoms with Crippen molar-refractivity contribution in [1.29, 1.82) is 0 Å². The molecule has 156 valence electrons. The number of carbonyl (C=O) groups excluding carboxylic acids is 3. The number of halogens is 2. The van der Waals surface area contributed by atoms with Gasteiger partial charge in [-0.2, -0.15) is 5.10 Å². The zero-order chi connectivity index (χ0) is 22.2. The maximum absolute atomic E-state index is 12.2. The number of benzene rings is 3. The van der Waals surface area contributed by atoms with E-state index in [1.54, 1.807) is 60.7 Å². The van der Waals surface area contributed by atoms with E-state index in [0.717, 1.165) is 3.57 Å². The van der Waals surface area contributed by atoms with Crippen LogP contribution >= 0.6 is 34.2 Å². The quantitative estimate of drug-likeness (QED) is 0.125. The van der Waals surface area contributed by atoms with Crippen LogP contribution < -0.4 is 15.5 Å². The molecule has 0 bridgehead atoms. The number of anilines is 1. The van der Waals surface area contributed by atoms with E-state index >= 15 is 0 Å². The van der Waals surface area contributed by atoms with Crippen LogP contribution in [0.1, 0.15) is 15.9 Å². The van der Waals surface area contributed by atoms with E-state index in [-0.39, 0.29) is 0 Å². The average Bonchev–Trinajstić information content (AvgIpc) is 2.76. The van der Waals surface area contributed by atoms with E-state index in [9.17, 15) is 14.4 Å². The van der Waals surface area contributed by atoms with Gasteiger partial charge in [-0.25, -0.2) is 10.2 Å². The van der Waals surface area contributed by atoms with Gasteiger partial charge < -0.3 is 10.1 Å². The Hall–Kier alpha value is -3.24. The molecule has 0 radical (unpaired) electrons. The van der Waals surface area contributed by atoms with Gasteiger partial charge in [0, 0.05) is 14.3 Å². The Bertz CT molecular complexity index is 1130. The monoisotopic (exact) mass is 547 g/mol. The van der Waals surface area contributed by atoms with Crippen LogP contribution in [0.3, 0.4) is 0 Å². The summed E-state index contributed by atoms with van der Waals surface area (Å²) in [7, 11) is 0. The number of esters is 1. The van der Waals surface area contributed by atoms with Crippen molar-refractivity contribution in [3.8, 4) is 5.75 Å². The predicted molar refractivity (Wildman–Crippen MR) is 126 cm³/mol. The number of amides is 2. The molecule has 0 aliphatic carbocycles. The average molecular weight is 548 g/mol. The third kappa shape index (κ3) is 6.63. The lowest BCUT2D eigenvalue weighted by molar-refractivity contribution is -0.136. The number of hydrazone groups is 1. The molecule has 0 atom stereocenters. The summed E-state index contributed by atoms with van der Waals surface area (Å²) < 4.78 is 6.15. The SMILES string of the molecule is O=C(N/N=C\c1ccc(OC(=O)c2ccccc2I)cc1)C(=O)Nc1ccc(Cl)cc1. The molecule has 31 heavy (non-hydrogen) atoms. The van der Waals surface area contributed by atoms with Crippen molar-refractivity contribution < 1.29 is 19.1 Å². The van der Waals surface area contributed by atoms with Crippen molar-refractivity contribution in [3.63, 3.8) is 0 Å². The fraction of sp³-hybridized carbons (Fsp3) is 0. The topological polar surface area (TPSA) is 96.9 Å². The Morgan fingerprint density at radius 1 is 0.903 bits per heavy atom. The molecule has 0 heterocycles. The Balaban J connectivity index is 1.51. The van der Waals surface area contributed by atoms with Crippen molar-refractivity contribution in [2.45, 2.75) is 0 Å². The van der Waals surface area contributed by atoms with Gasteiger partial charge in [0.25, 0.3) is 0 Å². The summed E-state index contributed by atoms with van der Waals surface area (Å²) in [6.45, 7) is 0. The molecule has 0 spiro atoms. The summed E-state index contributed by atoms with van der Waals surface area (Å²) in [5, 5.41) is 6.70. The van der Waals surface area contributed by atoms with Gasteiger partial charge in [0.05, 0.1) is 11.8 Å². The summed E-state index contributed by atoms with van der Waals surface area (Å²) in [5.74, 6) is -1.87. The zero-order valence-electron chi connectivity index (χ0n) is 15.8. The first kappa shape index (κ1) is 22.4. The molecule has 0 fully saturated rings. The molecule has 0 saturated heterocycles. The van der Waals surface area contributed by atoms with Crippen molar-refractivity contribution in [3.05, 3.63) is 92.5 Å². The second-order valence-corrected chi connectivity index (χ2v) is 7.70. The number of nitrogens with one attached hydrogen (secondary N) is 2. The van der Waals surface area contributed by atoms with Gasteiger partial charge in [-0.15, -0.1) is 0 Å². The number of hydrogen-bond donors (Lipinski definition) is 2. The standard InChI is InChI=1S/C22H15ClIN3O4/c23-15-7-9-16(10-8-15)26-20(28)21(29)27-25-13-14-5-11-17(12-6-14)31-22(30)18-3-1-2-4-19(18)24/h1-13H,(H,26,28)(H,27,29)/b25-13-. The number of rotatable bonds is 5. The first-order valence-electron chi connectivity index (χ1n) is 8.89. The fourth-order valence-corrected chi connectivity index (χ4v) is 3.08. The Labute approximate surface area is 196 Å². The second-order valence-electron chi connectivity index (χ2n) is 6.10. The molecule has 3 aromatic carbocycles. The number of nitrogens with zero attached hydrogens (tertiary/aromatic N) is 1. The molecule has 0 saturated carbocycles. The van der Waals surface area contributed by atoms with Gasteiger partial charge in [0.15, 0.2) is 0 Å². The largest absolute Gasteiger partial charge is 0.423 e. The van der Waals surface area contributed by atoms with Gasteiger partial charge in [0.2, 0.25) is 0 Å².